The van der Waals surface area contributed by atoms with Gasteiger partial charge in [0.15, 0.2) is 0 Å². The van der Waals surface area contributed by atoms with Crippen molar-refractivity contribution >= 4 is 34.7 Å². The van der Waals surface area contributed by atoms with E-state index in [4.69, 9.17) is 4.74 Å². The highest BCUT2D eigenvalue weighted by atomic mass is 32.1. The van der Waals surface area contributed by atoms with Crippen molar-refractivity contribution in [3.63, 3.8) is 0 Å². The van der Waals surface area contributed by atoms with Crippen LogP contribution in [-0.4, -0.2) is 34.7 Å². The van der Waals surface area contributed by atoms with Crippen molar-refractivity contribution in [3.05, 3.63) is 65.2 Å². The molecule has 2 aromatic carbocycles. The van der Waals surface area contributed by atoms with Gasteiger partial charge in [-0.25, -0.2) is 4.98 Å². The third-order valence-electron chi connectivity index (χ3n) is 4.96. The van der Waals surface area contributed by atoms with Gasteiger partial charge in [-0.15, -0.1) is 11.3 Å². The number of carbonyl (C=O) groups is 3. The number of anilines is 1. The molecule has 2 heterocycles. The summed E-state index contributed by atoms with van der Waals surface area (Å²) in [5, 5.41) is 5.58. The Morgan fingerprint density at radius 3 is 2.39 bits per heavy atom. The SMILES string of the molecule is COc1ccc(-c2nc(CC(=O)Nc3ccc(CN4C(=O)CCC4=O)cc3)cs2)cc1. The molecule has 3 aromatic rings. The molecule has 3 amide bonds. The third kappa shape index (κ3) is 4.97. The van der Waals surface area contributed by atoms with Crippen molar-refractivity contribution in [1.29, 1.82) is 0 Å². The van der Waals surface area contributed by atoms with Crippen LogP contribution in [0.1, 0.15) is 24.1 Å². The van der Waals surface area contributed by atoms with Crippen LogP contribution in [-0.2, 0) is 27.3 Å². The van der Waals surface area contributed by atoms with E-state index in [9.17, 15) is 14.4 Å². The van der Waals surface area contributed by atoms with Gasteiger partial charge in [0, 0.05) is 29.5 Å². The van der Waals surface area contributed by atoms with Crippen LogP contribution in [0.4, 0.5) is 5.69 Å². The van der Waals surface area contributed by atoms with Gasteiger partial charge in [-0.3, -0.25) is 19.3 Å². The van der Waals surface area contributed by atoms with Gasteiger partial charge in [0.25, 0.3) is 0 Å². The lowest BCUT2D eigenvalue weighted by molar-refractivity contribution is -0.139. The molecule has 1 aromatic heterocycles. The second kappa shape index (κ2) is 9.09. The fraction of sp³-hybridized carbons (Fsp3) is 0.217. The van der Waals surface area contributed by atoms with Crippen molar-refractivity contribution in [1.82, 2.24) is 9.88 Å². The lowest BCUT2D eigenvalue weighted by Crippen LogP contribution is -2.28. The minimum atomic E-state index is -0.163. The molecule has 0 bridgehead atoms. The summed E-state index contributed by atoms with van der Waals surface area (Å²) in [7, 11) is 1.62. The maximum atomic E-state index is 12.4. The molecule has 0 spiro atoms. The van der Waals surface area contributed by atoms with E-state index in [1.54, 1.807) is 31.4 Å². The normalized spacial score (nSPS) is 13.5. The molecule has 0 aliphatic carbocycles. The second-order valence-electron chi connectivity index (χ2n) is 7.17. The second-order valence-corrected chi connectivity index (χ2v) is 8.03. The van der Waals surface area contributed by atoms with Crippen molar-refractivity contribution in [2.45, 2.75) is 25.8 Å². The first kappa shape index (κ1) is 20.7. The summed E-state index contributed by atoms with van der Waals surface area (Å²) in [5.41, 5.74) is 3.17. The monoisotopic (exact) mass is 435 g/mol. The number of hydrogen-bond acceptors (Lipinski definition) is 6. The van der Waals surface area contributed by atoms with E-state index in [-0.39, 0.29) is 43.5 Å². The number of carbonyl (C=O) groups excluding carboxylic acids is 3. The molecule has 31 heavy (non-hydrogen) atoms. The zero-order chi connectivity index (χ0) is 21.8. The van der Waals surface area contributed by atoms with Gasteiger partial charge in [-0.05, 0) is 42.0 Å². The van der Waals surface area contributed by atoms with E-state index in [0.29, 0.717) is 11.4 Å². The molecular weight excluding hydrogens is 414 g/mol. The fourth-order valence-corrected chi connectivity index (χ4v) is 4.13. The van der Waals surface area contributed by atoms with Gasteiger partial charge in [0.1, 0.15) is 10.8 Å². The van der Waals surface area contributed by atoms with Gasteiger partial charge in [0.2, 0.25) is 17.7 Å². The standard InChI is InChI=1S/C23H21N3O4S/c1-30-19-8-4-16(5-9-19)23-25-18(14-31-23)12-20(27)24-17-6-2-15(3-7-17)13-26-21(28)10-11-22(26)29/h2-9,14H,10-13H2,1H3,(H,24,27). The molecule has 0 radical (unpaired) electrons. The largest absolute Gasteiger partial charge is 0.497 e. The fourth-order valence-electron chi connectivity index (χ4n) is 3.30. The number of nitrogens with zero attached hydrogens (tertiary/aromatic N) is 2. The Labute approximate surface area is 183 Å². The van der Waals surface area contributed by atoms with E-state index in [0.717, 1.165) is 21.9 Å². The molecule has 8 heteroatoms. The number of methoxy groups -OCH3 is 1. The Kier molecular flexibility index (Phi) is 6.08. The van der Waals surface area contributed by atoms with Crippen molar-refractivity contribution in [2.24, 2.45) is 0 Å². The molecule has 0 unspecified atom stereocenters. The van der Waals surface area contributed by atoms with Crippen LogP contribution in [0, 0.1) is 0 Å². The molecule has 1 saturated heterocycles. The highest BCUT2D eigenvalue weighted by molar-refractivity contribution is 7.13. The number of benzene rings is 2. The molecular formula is C23H21N3O4S. The van der Waals surface area contributed by atoms with E-state index in [2.05, 4.69) is 10.3 Å². The molecule has 1 aliphatic rings. The Morgan fingerprint density at radius 1 is 1.06 bits per heavy atom. The van der Waals surface area contributed by atoms with Gasteiger partial charge < -0.3 is 10.1 Å². The summed E-state index contributed by atoms with van der Waals surface area (Å²) in [4.78, 5) is 41.7. The topological polar surface area (TPSA) is 88.6 Å². The first-order chi connectivity index (χ1) is 15.0. The number of thiazole rings is 1. The molecule has 1 fully saturated rings. The smallest absolute Gasteiger partial charge is 0.230 e. The Balaban J connectivity index is 1.33. The average molecular weight is 436 g/mol. The van der Waals surface area contributed by atoms with Crippen LogP contribution in [0.3, 0.4) is 0 Å². The first-order valence-electron chi connectivity index (χ1n) is 9.82. The minimum absolute atomic E-state index is 0.139. The lowest BCUT2D eigenvalue weighted by Gasteiger charge is -2.14. The van der Waals surface area contributed by atoms with E-state index in [1.807, 2.05) is 29.6 Å². The number of amides is 3. The van der Waals surface area contributed by atoms with E-state index >= 15 is 0 Å². The molecule has 0 atom stereocenters. The number of imide groups is 1. The quantitative estimate of drug-likeness (QED) is 0.573. The minimum Gasteiger partial charge on any atom is -0.497 e. The van der Waals surface area contributed by atoms with Crippen molar-refractivity contribution in [3.8, 4) is 16.3 Å². The third-order valence-corrected chi connectivity index (χ3v) is 5.90. The molecule has 4 rings (SSSR count). The molecule has 0 saturated carbocycles. The number of aromatic nitrogens is 1. The number of likely N-dealkylation sites (tertiary alicyclic amines) is 1. The average Bonchev–Trinajstić information content (AvgIpc) is 3.37. The van der Waals surface area contributed by atoms with E-state index < -0.39 is 0 Å². The lowest BCUT2D eigenvalue weighted by atomic mass is 10.2. The van der Waals surface area contributed by atoms with Gasteiger partial charge >= 0.3 is 0 Å². The molecule has 158 valence electrons. The van der Waals surface area contributed by atoms with Crippen LogP contribution in [0.15, 0.2) is 53.9 Å². The van der Waals surface area contributed by atoms with E-state index in [1.165, 1.54) is 16.2 Å². The van der Waals surface area contributed by atoms with Gasteiger partial charge in [-0.2, -0.15) is 0 Å². The zero-order valence-corrected chi connectivity index (χ0v) is 17.8. The van der Waals surface area contributed by atoms with Gasteiger partial charge in [0.05, 0.1) is 25.8 Å². The van der Waals surface area contributed by atoms with Crippen molar-refractivity contribution in [2.75, 3.05) is 12.4 Å². The Hall–Kier alpha value is -3.52. The van der Waals surface area contributed by atoms with Crippen LogP contribution >= 0.6 is 11.3 Å². The predicted molar refractivity (Wildman–Crippen MR) is 118 cm³/mol. The number of ether oxygens (including phenoxy) is 1. The summed E-state index contributed by atoms with van der Waals surface area (Å²) in [6.45, 7) is 0.263. The predicted octanol–water partition coefficient (Wildman–Crippen LogP) is 3.65. The molecule has 7 nitrogen and oxygen atoms in total. The summed E-state index contributed by atoms with van der Waals surface area (Å²) in [6.07, 6.45) is 0.735. The van der Waals surface area contributed by atoms with Crippen LogP contribution in [0.5, 0.6) is 5.75 Å². The number of hydrogen-bond donors (Lipinski definition) is 1. The number of nitrogens with one attached hydrogen (secondary N) is 1. The Bertz CT molecular complexity index is 1090. The highest BCUT2D eigenvalue weighted by Crippen LogP contribution is 2.26. The zero-order valence-electron chi connectivity index (χ0n) is 17.0. The highest BCUT2D eigenvalue weighted by Gasteiger charge is 2.28. The van der Waals surface area contributed by atoms with Crippen LogP contribution in [0.2, 0.25) is 0 Å². The van der Waals surface area contributed by atoms with Crippen LogP contribution in [0.25, 0.3) is 10.6 Å². The van der Waals surface area contributed by atoms with Gasteiger partial charge in [-0.1, -0.05) is 12.1 Å². The Morgan fingerprint density at radius 2 is 1.74 bits per heavy atom. The molecule has 1 N–H and O–H groups in total. The molecule has 1 aliphatic heterocycles. The number of rotatable bonds is 7. The van der Waals surface area contributed by atoms with Crippen LogP contribution < -0.4 is 10.1 Å². The summed E-state index contributed by atoms with van der Waals surface area (Å²) in [5.74, 6) is 0.341. The van der Waals surface area contributed by atoms with Crippen molar-refractivity contribution < 1.29 is 19.1 Å². The first-order valence-corrected chi connectivity index (χ1v) is 10.7. The summed E-state index contributed by atoms with van der Waals surface area (Å²) in [6, 6.07) is 14.8. The summed E-state index contributed by atoms with van der Waals surface area (Å²) < 4.78 is 5.17. The maximum Gasteiger partial charge on any atom is 0.230 e. The summed E-state index contributed by atoms with van der Waals surface area (Å²) >= 11 is 1.49. The maximum absolute atomic E-state index is 12.4.